The number of carbonyl (C=O) groups is 1. The molecule has 10 heteroatoms. The number of pyridine rings is 3. The number of rotatable bonds is 6. The second-order valence-corrected chi connectivity index (χ2v) is 9.42. The molecule has 6 rings (SSSR count). The number of fused-ring (bicyclic) bond motifs is 2. The van der Waals surface area contributed by atoms with E-state index in [0.29, 0.717) is 17.8 Å². The molecule has 0 aliphatic rings. The summed E-state index contributed by atoms with van der Waals surface area (Å²) in [6, 6.07) is 9.10. The Hall–Kier alpha value is -4.44. The Kier molecular flexibility index (Phi) is 5.49. The largest absolute Gasteiger partial charge is 0.352 e. The summed E-state index contributed by atoms with van der Waals surface area (Å²) in [5.41, 5.74) is 6.18. The summed E-state index contributed by atoms with van der Waals surface area (Å²) in [5.74, 6) is -0.0416. The SMILES string of the molecule is CCCC(=O)Nc1cncc(-c2cnc3n[nH]c(-c4cc5c(-c6ccc(F)s6)cncc5[nH]4)c3c2)c1. The highest BCUT2D eigenvalue weighted by molar-refractivity contribution is 7.14. The molecule has 3 N–H and O–H groups in total. The third kappa shape index (κ3) is 4.01. The first-order chi connectivity index (χ1) is 17.6. The quantitative estimate of drug-likeness (QED) is 0.255. The highest BCUT2D eigenvalue weighted by Gasteiger charge is 2.16. The van der Waals surface area contributed by atoms with Gasteiger partial charge in [0, 0.05) is 57.4 Å². The lowest BCUT2D eigenvalue weighted by atomic mass is 10.1. The van der Waals surface area contributed by atoms with Gasteiger partial charge in [0.25, 0.3) is 0 Å². The van der Waals surface area contributed by atoms with Gasteiger partial charge in [0.1, 0.15) is 0 Å². The number of anilines is 1. The number of hydrogen-bond donors (Lipinski definition) is 3. The van der Waals surface area contributed by atoms with Crippen molar-refractivity contribution in [3.8, 4) is 33.0 Å². The zero-order valence-corrected chi connectivity index (χ0v) is 20.0. The van der Waals surface area contributed by atoms with Crippen LogP contribution in [0.2, 0.25) is 0 Å². The summed E-state index contributed by atoms with van der Waals surface area (Å²) in [6.45, 7) is 1.96. The Labute approximate surface area is 208 Å². The van der Waals surface area contributed by atoms with E-state index in [0.717, 1.165) is 67.0 Å². The number of thiophene rings is 1. The lowest BCUT2D eigenvalue weighted by Gasteiger charge is -2.07. The summed E-state index contributed by atoms with van der Waals surface area (Å²) in [5, 5.41) is 11.9. The predicted molar refractivity (Wildman–Crippen MR) is 139 cm³/mol. The molecule has 178 valence electrons. The van der Waals surface area contributed by atoms with E-state index in [1.807, 2.05) is 25.1 Å². The highest BCUT2D eigenvalue weighted by atomic mass is 32.1. The molecular formula is C26H20FN7OS. The topological polar surface area (TPSA) is 112 Å². The van der Waals surface area contributed by atoms with E-state index in [9.17, 15) is 9.18 Å². The fourth-order valence-corrected chi connectivity index (χ4v) is 4.98. The number of amides is 1. The van der Waals surface area contributed by atoms with Crippen molar-refractivity contribution >= 4 is 44.9 Å². The fraction of sp³-hybridized carbons (Fsp3) is 0.115. The summed E-state index contributed by atoms with van der Waals surface area (Å²) in [7, 11) is 0. The van der Waals surface area contributed by atoms with Gasteiger partial charge in [0.15, 0.2) is 10.8 Å². The van der Waals surface area contributed by atoms with Crippen LogP contribution >= 0.6 is 11.3 Å². The third-order valence-corrected chi connectivity index (χ3v) is 6.80. The van der Waals surface area contributed by atoms with Crippen LogP contribution in [0.4, 0.5) is 10.1 Å². The molecule has 0 atom stereocenters. The van der Waals surface area contributed by atoms with Crippen molar-refractivity contribution in [2.45, 2.75) is 19.8 Å². The number of aromatic nitrogens is 6. The molecule has 0 saturated heterocycles. The summed E-state index contributed by atoms with van der Waals surface area (Å²) >= 11 is 1.09. The van der Waals surface area contributed by atoms with Gasteiger partial charge in [-0.25, -0.2) is 4.98 Å². The van der Waals surface area contributed by atoms with Crippen molar-refractivity contribution in [1.29, 1.82) is 0 Å². The van der Waals surface area contributed by atoms with Crippen LogP contribution in [0, 0.1) is 5.13 Å². The van der Waals surface area contributed by atoms with Gasteiger partial charge in [-0.3, -0.25) is 19.9 Å². The fourth-order valence-electron chi connectivity index (χ4n) is 4.22. The molecule has 0 spiro atoms. The molecule has 0 radical (unpaired) electrons. The Morgan fingerprint density at radius 2 is 1.89 bits per heavy atom. The maximum atomic E-state index is 13.7. The minimum atomic E-state index is -0.237. The molecule has 0 aliphatic heterocycles. The van der Waals surface area contributed by atoms with Gasteiger partial charge in [0.2, 0.25) is 5.91 Å². The van der Waals surface area contributed by atoms with Crippen molar-refractivity contribution in [2.24, 2.45) is 0 Å². The van der Waals surface area contributed by atoms with Gasteiger partial charge in [-0.1, -0.05) is 6.92 Å². The Balaban J connectivity index is 1.40. The van der Waals surface area contributed by atoms with Crippen molar-refractivity contribution in [2.75, 3.05) is 5.32 Å². The van der Waals surface area contributed by atoms with Crippen molar-refractivity contribution in [3.05, 3.63) is 66.4 Å². The second-order valence-electron chi connectivity index (χ2n) is 8.39. The second kappa shape index (κ2) is 8.97. The zero-order valence-electron chi connectivity index (χ0n) is 19.2. The molecule has 0 bridgehead atoms. The number of halogens is 1. The number of aromatic amines is 2. The highest BCUT2D eigenvalue weighted by Crippen LogP contribution is 2.36. The van der Waals surface area contributed by atoms with Crippen LogP contribution in [0.25, 0.3) is 54.9 Å². The van der Waals surface area contributed by atoms with Crippen LogP contribution < -0.4 is 5.32 Å². The maximum Gasteiger partial charge on any atom is 0.224 e. The molecule has 0 unspecified atom stereocenters. The summed E-state index contributed by atoms with van der Waals surface area (Å²) < 4.78 is 13.7. The zero-order chi connectivity index (χ0) is 24.6. The van der Waals surface area contributed by atoms with Gasteiger partial charge in [-0.15, -0.1) is 11.3 Å². The molecule has 0 saturated carbocycles. The average Bonchev–Trinajstić information content (AvgIpc) is 3.61. The molecule has 6 aromatic heterocycles. The van der Waals surface area contributed by atoms with Gasteiger partial charge < -0.3 is 10.3 Å². The number of H-pyrrole nitrogens is 2. The standard InChI is InChI=1S/C26H20FN7OS/c1-2-3-24(35)31-16-6-14(9-28-11-16)15-7-18-25(33-34-26(18)30-10-15)20-8-17-19(12-29-13-21(17)32-20)22-4-5-23(27)36-22/h4-13,32H,2-3H2,1H3,(H,31,35)(H,30,33,34). The predicted octanol–water partition coefficient (Wildman–Crippen LogP) is 6.17. The van der Waals surface area contributed by atoms with E-state index in [1.165, 1.54) is 6.07 Å². The number of hydrogen-bond acceptors (Lipinski definition) is 6. The van der Waals surface area contributed by atoms with Crippen molar-refractivity contribution in [3.63, 3.8) is 0 Å². The smallest absolute Gasteiger partial charge is 0.224 e. The summed E-state index contributed by atoms with van der Waals surface area (Å²) in [4.78, 5) is 29.3. The van der Waals surface area contributed by atoms with Crippen LogP contribution in [0.1, 0.15) is 19.8 Å². The van der Waals surface area contributed by atoms with Gasteiger partial charge >= 0.3 is 0 Å². The number of nitrogens with zero attached hydrogens (tertiary/aromatic N) is 4. The van der Waals surface area contributed by atoms with E-state index in [4.69, 9.17) is 0 Å². The first-order valence-electron chi connectivity index (χ1n) is 11.4. The summed E-state index contributed by atoms with van der Waals surface area (Å²) in [6.07, 6.45) is 9.83. The molecule has 0 fully saturated rings. The minimum absolute atomic E-state index is 0.0416. The van der Waals surface area contributed by atoms with Crippen LogP contribution in [-0.4, -0.2) is 36.0 Å². The molecule has 36 heavy (non-hydrogen) atoms. The van der Waals surface area contributed by atoms with E-state index in [-0.39, 0.29) is 11.0 Å². The van der Waals surface area contributed by atoms with Crippen molar-refractivity contribution < 1.29 is 9.18 Å². The Bertz CT molecular complexity index is 1740. The van der Waals surface area contributed by atoms with Crippen LogP contribution in [-0.2, 0) is 4.79 Å². The van der Waals surface area contributed by atoms with Gasteiger partial charge in [-0.2, -0.15) is 9.49 Å². The van der Waals surface area contributed by atoms with Gasteiger partial charge in [0.05, 0.1) is 35.0 Å². The number of carbonyl (C=O) groups excluding carboxylic acids is 1. The van der Waals surface area contributed by atoms with Crippen molar-refractivity contribution in [1.82, 2.24) is 30.1 Å². The molecular weight excluding hydrogens is 477 g/mol. The lowest BCUT2D eigenvalue weighted by Crippen LogP contribution is -2.10. The Morgan fingerprint density at radius 1 is 1.03 bits per heavy atom. The molecule has 6 aromatic rings. The molecule has 0 aliphatic carbocycles. The van der Waals surface area contributed by atoms with Gasteiger partial charge in [-0.05, 0) is 36.8 Å². The van der Waals surface area contributed by atoms with E-state index in [2.05, 4.69) is 35.5 Å². The van der Waals surface area contributed by atoms with E-state index in [1.54, 1.807) is 37.1 Å². The third-order valence-electron chi connectivity index (χ3n) is 5.90. The first kappa shape index (κ1) is 22.1. The maximum absolute atomic E-state index is 13.7. The first-order valence-corrected chi connectivity index (χ1v) is 12.2. The van der Waals surface area contributed by atoms with Crippen LogP contribution in [0.5, 0.6) is 0 Å². The minimum Gasteiger partial charge on any atom is -0.352 e. The Morgan fingerprint density at radius 3 is 2.72 bits per heavy atom. The normalized spacial score (nSPS) is 11.4. The van der Waals surface area contributed by atoms with Crippen LogP contribution in [0.15, 0.2) is 61.3 Å². The van der Waals surface area contributed by atoms with Crippen LogP contribution in [0.3, 0.4) is 0 Å². The lowest BCUT2D eigenvalue weighted by molar-refractivity contribution is -0.116. The molecule has 0 aromatic carbocycles. The average molecular weight is 498 g/mol. The number of nitrogens with one attached hydrogen (secondary N) is 3. The molecule has 8 nitrogen and oxygen atoms in total. The monoisotopic (exact) mass is 497 g/mol. The van der Waals surface area contributed by atoms with E-state index < -0.39 is 0 Å². The van der Waals surface area contributed by atoms with E-state index >= 15 is 0 Å². The molecule has 6 heterocycles. The molecule has 1 amide bonds.